The van der Waals surface area contributed by atoms with Gasteiger partial charge in [-0.05, 0) is 12.0 Å². The third-order valence-corrected chi connectivity index (χ3v) is 4.57. The molecule has 1 unspecified atom stereocenters. The van der Waals surface area contributed by atoms with Crippen molar-refractivity contribution in [3.63, 3.8) is 0 Å². The van der Waals surface area contributed by atoms with Gasteiger partial charge >= 0.3 is 11.9 Å². The van der Waals surface area contributed by atoms with E-state index in [-0.39, 0.29) is 17.5 Å². The first-order chi connectivity index (χ1) is 14.9. The van der Waals surface area contributed by atoms with Crippen LogP contribution in [0.1, 0.15) is 23.2 Å². The molecule has 0 fully saturated rings. The van der Waals surface area contributed by atoms with E-state index in [1.165, 1.54) is 0 Å². The zero-order valence-electron chi connectivity index (χ0n) is 16.2. The summed E-state index contributed by atoms with van der Waals surface area (Å²) in [6, 6.07) is 16.1. The fourth-order valence-electron chi connectivity index (χ4n) is 3.11. The number of aromatic nitrogens is 2. The summed E-state index contributed by atoms with van der Waals surface area (Å²) < 4.78 is 0. The number of nitrogens with one attached hydrogen (secondary N) is 2. The van der Waals surface area contributed by atoms with Gasteiger partial charge in [-0.3, -0.25) is 14.4 Å². The van der Waals surface area contributed by atoms with Crippen molar-refractivity contribution in [3.8, 4) is 22.4 Å². The van der Waals surface area contributed by atoms with Crippen LogP contribution in [-0.4, -0.2) is 44.3 Å². The van der Waals surface area contributed by atoms with Gasteiger partial charge in [0.15, 0.2) is 0 Å². The summed E-state index contributed by atoms with van der Waals surface area (Å²) in [6.45, 7) is 0. The largest absolute Gasteiger partial charge is 0.481 e. The van der Waals surface area contributed by atoms with Gasteiger partial charge in [0, 0.05) is 17.5 Å². The molecule has 0 bridgehead atoms. The molecule has 0 saturated heterocycles. The number of nitrogens with zero attached hydrogens (tertiary/aromatic N) is 1. The maximum absolute atomic E-state index is 13.0. The zero-order chi connectivity index (χ0) is 22.4. The number of amides is 1. The van der Waals surface area contributed by atoms with Gasteiger partial charge in [-0.2, -0.15) is 5.10 Å². The summed E-state index contributed by atoms with van der Waals surface area (Å²) in [5.41, 5.74) is 0.680. The second kappa shape index (κ2) is 9.49. The van der Waals surface area contributed by atoms with E-state index >= 15 is 0 Å². The normalized spacial score (nSPS) is 11.5. The van der Waals surface area contributed by atoms with Gasteiger partial charge < -0.3 is 15.5 Å². The van der Waals surface area contributed by atoms with Crippen LogP contribution in [0.15, 0.2) is 65.5 Å². The van der Waals surface area contributed by atoms with Crippen LogP contribution < -0.4 is 10.9 Å². The molecule has 0 spiro atoms. The summed E-state index contributed by atoms with van der Waals surface area (Å²) in [4.78, 5) is 48.0. The van der Waals surface area contributed by atoms with Crippen molar-refractivity contribution in [2.24, 2.45) is 0 Å². The molecule has 1 amide bonds. The van der Waals surface area contributed by atoms with Gasteiger partial charge in [-0.1, -0.05) is 60.7 Å². The zero-order valence-corrected chi connectivity index (χ0v) is 16.2. The molecule has 4 N–H and O–H groups in total. The lowest BCUT2D eigenvalue weighted by atomic mass is 9.95. The van der Waals surface area contributed by atoms with Crippen molar-refractivity contribution in [1.82, 2.24) is 15.5 Å². The molecule has 3 aromatic rings. The van der Waals surface area contributed by atoms with Gasteiger partial charge in [-0.25, -0.2) is 9.89 Å². The summed E-state index contributed by atoms with van der Waals surface area (Å²) in [5, 5.41) is 26.9. The van der Waals surface area contributed by atoms with Crippen LogP contribution in [-0.2, 0) is 9.59 Å². The number of rotatable bonds is 8. The van der Waals surface area contributed by atoms with Crippen LogP contribution in [0.4, 0.5) is 0 Å². The number of carboxylic acids is 2. The van der Waals surface area contributed by atoms with E-state index in [1.54, 1.807) is 54.6 Å². The second-order valence-corrected chi connectivity index (χ2v) is 6.68. The molecule has 0 aliphatic rings. The Kier molecular flexibility index (Phi) is 6.56. The van der Waals surface area contributed by atoms with Crippen LogP contribution in [0.2, 0.25) is 0 Å². The van der Waals surface area contributed by atoms with Gasteiger partial charge in [0.25, 0.3) is 11.5 Å². The standard InChI is InChI=1S/C22H19N3O6/c26-16(27)12-11-15(22(30)31)23-20(28)18-17(13-7-3-1-4-8-13)19(24-25-21(18)29)14-9-5-2-6-10-14/h1-10,15H,11-12H2,(H,23,28)(H,25,29)(H,26,27)(H,30,31). The van der Waals surface area contributed by atoms with Crippen LogP contribution in [0, 0.1) is 0 Å². The number of aliphatic carboxylic acids is 2. The molecule has 0 aliphatic heterocycles. The van der Waals surface area contributed by atoms with Crippen molar-refractivity contribution in [2.75, 3.05) is 0 Å². The summed E-state index contributed by atoms with van der Waals surface area (Å²) in [5.74, 6) is -3.53. The molecule has 3 rings (SSSR count). The van der Waals surface area contributed by atoms with Crippen molar-refractivity contribution < 1.29 is 24.6 Å². The molecule has 0 saturated carbocycles. The lowest BCUT2D eigenvalue weighted by Crippen LogP contribution is -2.43. The van der Waals surface area contributed by atoms with Crippen molar-refractivity contribution in [3.05, 3.63) is 76.6 Å². The Morgan fingerprint density at radius 3 is 2.06 bits per heavy atom. The monoisotopic (exact) mass is 421 g/mol. The van der Waals surface area contributed by atoms with Gasteiger partial charge in [0.1, 0.15) is 11.6 Å². The molecule has 9 nitrogen and oxygen atoms in total. The number of carbonyl (C=O) groups is 3. The minimum atomic E-state index is -1.47. The Morgan fingerprint density at radius 1 is 0.935 bits per heavy atom. The van der Waals surface area contributed by atoms with Crippen molar-refractivity contribution in [1.29, 1.82) is 0 Å². The number of hydrogen-bond donors (Lipinski definition) is 4. The van der Waals surface area contributed by atoms with Gasteiger partial charge in [0.05, 0.1) is 5.69 Å². The van der Waals surface area contributed by atoms with E-state index in [4.69, 9.17) is 5.11 Å². The maximum Gasteiger partial charge on any atom is 0.326 e. The Bertz CT molecular complexity index is 1160. The van der Waals surface area contributed by atoms with Crippen molar-refractivity contribution >= 4 is 17.8 Å². The molecule has 2 aromatic carbocycles. The summed E-state index contributed by atoms with van der Waals surface area (Å²) in [6.07, 6.45) is -0.781. The number of carbonyl (C=O) groups excluding carboxylic acids is 1. The lowest BCUT2D eigenvalue weighted by molar-refractivity contribution is -0.140. The molecule has 0 radical (unpaired) electrons. The van der Waals surface area contributed by atoms with Gasteiger partial charge in [0.2, 0.25) is 0 Å². The minimum Gasteiger partial charge on any atom is -0.481 e. The van der Waals surface area contributed by atoms with E-state index < -0.39 is 35.9 Å². The SMILES string of the molecule is O=C(O)CCC(NC(=O)c1c(-c2ccccc2)c(-c2ccccc2)n[nH]c1=O)C(=O)O. The van der Waals surface area contributed by atoms with Crippen LogP contribution in [0.5, 0.6) is 0 Å². The average molecular weight is 421 g/mol. The fourth-order valence-corrected chi connectivity index (χ4v) is 3.11. The molecule has 31 heavy (non-hydrogen) atoms. The minimum absolute atomic E-state index is 0.246. The predicted molar refractivity (Wildman–Crippen MR) is 111 cm³/mol. The smallest absolute Gasteiger partial charge is 0.326 e. The van der Waals surface area contributed by atoms with Crippen molar-refractivity contribution in [2.45, 2.75) is 18.9 Å². The third kappa shape index (κ3) is 5.02. The highest BCUT2D eigenvalue weighted by molar-refractivity contribution is 6.04. The fraction of sp³-hybridized carbons (Fsp3) is 0.136. The molecular formula is C22H19N3O6. The Balaban J connectivity index is 2.13. The highest BCUT2D eigenvalue weighted by Crippen LogP contribution is 2.31. The Labute approximate surface area is 176 Å². The average Bonchev–Trinajstić information content (AvgIpc) is 2.77. The van der Waals surface area contributed by atoms with E-state index in [9.17, 15) is 24.3 Å². The topological polar surface area (TPSA) is 149 Å². The number of aromatic amines is 1. The maximum atomic E-state index is 13.0. The number of benzene rings is 2. The first kappa shape index (κ1) is 21.4. The Morgan fingerprint density at radius 2 is 1.52 bits per heavy atom. The summed E-state index contributed by atoms with van der Waals surface area (Å²) >= 11 is 0. The highest BCUT2D eigenvalue weighted by Gasteiger charge is 2.27. The number of hydrogen-bond acceptors (Lipinski definition) is 5. The first-order valence-electron chi connectivity index (χ1n) is 9.37. The van der Waals surface area contributed by atoms with Crippen LogP contribution >= 0.6 is 0 Å². The molecule has 9 heteroatoms. The van der Waals surface area contributed by atoms with Gasteiger partial charge in [-0.15, -0.1) is 0 Å². The highest BCUT2D eigenvalue weighted by atomic mass is 16.4. The number of carboxylic acid groups (broad SMARTS) is 2. The van der Waals surface area contributed by atoms with Crippen LogP contribution in [0.3, 0.4) is 0 Å². The molecule has 1 atom stereocenters. The van der Waals surface area contributed by atoms with Crippen LogP contribution in [0.25, 0.3) is 22.4 Å². The predicted octanol–water partition coefficient (Wildman–Crippen LogP) is 2.15. The Hall–Kier alpha value is -4.27. The van der Waals surface area contributed by atoms with E-state index in [1.807, 2.05) is 6.07 Å². The van der Waals surface area contributed by atoms with E-state index in [0.717, 1.165) is 0 Å². The molecule has 158 valence electrons. The lowest BCUT2D eigenvalue weighted by Gasteiger charge is -2.17. The first-order valence-corrected chi connectivity index (χ1v) is 9.37. The van der Waals surface area contributed by atoms with E-state index in [0.29, 0.717) is 16.8 Å². The molecule has 0 aliphatic carbocycles. The molecule has 1 aromatic heterocycles. The molecule has 1 heterocycles. The molecular weight excluding hydrogens is 402 g/mol. The third-order valence-electron chi connectivity index (χ3n) is 4.57. The van der Waals surface area contributed by atoms with E-state index in [2.05, 4.69) is 15.5 Å². The second-order valence-electron chi connectivity index (χ2n) is 6.68. The quantitative estimate of drug-likeness (QED) is 0.435. The number of H-pyrrole nitrogens is 1. The summed E-state index contributed by atoms with van der Waals surface area (Å²) in [7, 11) is 0.